The Morgan fingerprint density at radius 1 is 1.40 bits per heavy atom. The Morgan fingerprint density at radius 3 is 2.85 bits per heavy atom. The summed E-state index contributed by atoms with van der Waals surface area (Å²) in [6.45, 7) is 3.68. The first kappa shape index (κ1) is 12.7. The van der Waals surface area contributed by atoms with Gasteiger partial charge in [-0.2, -0.15) is 4.98 Å². The summed E-state index contributed by atoms with van der Waals surface area (Å²) in [7, 11) is -3.16. The summed E-state index contributed by atoms with van der Waals surface area (Å²) in [5.41, 5.74) is -0.455. The third-order valence-electron chi connectivity index (χ3n) is 4.60. The predicted molar refractivity (Wildman–Crippen MR) is 68.5 cm³/mol. The molecule has 8 heteroatoms. The Kier molecular flexibility index (Phi) is 2.56. The summed E-state index contributed by atoms with van der Waals surface area (Å²) in [5, 5.41) is 3.66. The lowest BCUT2D eigenvalue weighted by Crippen LogP contribution is -2.38. The highest BCUT2D eigenvalue weighted by atomic mass is 32.2. The second-order valence-electron chi connectivity index (χ2n) is 6.05. The molecular formula is C12H17N3O4S. The van der Waals surface area contributed by atoms with Crippen molar-refractivity contribution < 1.29 is 17.7 Å². The van der Waals surface area contributed by atoms with Gasteiger partial charge in [-0.15, -0.1) is 0 Å². The molecule has 110 valence electrons. The summed E-state index contributed by atoms with van der Waals surface area (Å²) in [4.78, 5) is 4.32. The summed E-state index contributed by atoms with van der Waals surface area (Å²) in [6.07, 6.45) is 1.57. The van der Waals surface area contributed by atoms with E-state index in [1.807, 2.05) is 0 Å². The molecule has 2 atom stereocenters. The maximum atomic E-state index is 12.4. The van der Waals surface area contributed by atoms with Crippen molar-refractivity contribution in [2.75, 3.05) is 26.3 Å². The van der Waals surface area contributed by atoms with Crippen molar-refractivity contribution in [2.24, 2.45) is 5.92 Å². The van der Waals surface area contributed by atoms with Crippen LogP contribution >= 0.6 is 0 Å². The minimum atomic E-state index is -3.16. The van der Waals surface area contributed by atoms with E-state index < -0.39 is 15.4 Å². The maximum absolute atomic E-state index is 12.4. The molecule has 3 aliphatic rings. The van der Waals surface area contributed by atoms with Crippen LogP contribution in [0.4, 0.5) is 0 Å². The standard InChI is InChI=1S/C12H17N3O4S/c1-8-13-11(19-14-8)12-6-15(4-9(12)5-18-7-12)20(16,17)10-2-3-10/h9-10H,2-7H2,1H3/t9-,12-/m0/s1. The van der Waals surface area contributed by atoms with Crippen molar-refractivity contribution in [1.82, 2.24) is 14.4 Å². The van der Waals surface area contributed by atoms with Gasteiger partial charge in [0.15, 0.2) is 5.82 Å². The molecule has 0 amide bonds. The van der Waals surface area contributed by atoms with E-state index in [2.05, 4.69) is 10.1 Å². The van der Waals surface area contributed by atoms with E-state index in [0.717, 1.165) is 12.8 Å². The third-order valence-corrected chi connectivity index (χ3v) is 6.91. The van der Waals surface area contributed by atoms with Gasteiger partial charge < -0.3 is 9.26 Å². The number of hydrogen-bond donors (Lipinski definition) is 0. The quantitative estimate of drug-likeness (QED) is 0.785. The van der Waals surface area contributed by atoms with Gasteiger partial charge in [0.1, 0.15) is 0 Å². The number of aromatic nitrogens is 2. The normalized spacial score (nSPS) is 34.5. The van der Waals surface area contributed by atoms with Gasteiger partial charge in [-0.3, -0.25) is 0 Å². The van der Waals surface area contributed by atoms with Crippen LogP contribution in [0.2, 0.25) is 0 Å². The van der Waals surface area contributed by atoms with E-state index in [0.29, 0.717) is 38.0 Å². The fraction of sp³-hybridized carbons (Fsp3) is 0.833. The number of nitrogens with zero attached hydrogens (tertiary/aromatic N) is 3. The molecular weight excluding hydrogens is 282 g/mol. The molecule has 4 rings (SSSR count). The van der Waals surface area contributed by atoms with Crippen LogP contribution in [0.25, 0.3) is 0 Å². The van der Waals surface area contributed by atoms with Crippen molar-refractivity contribution in [2.45, 2.75) is 30.4 Å². The molecule has 0 bridgehead atoms. The average Bonchev–Trinajstić information content (AvgIpc) is 2.88. The molecule has 2 saturated heterocycles. The first-order valence-corrected chi connectivity index (χ1v) is 8.40. The van der Waals surface area contributed by atoms with Crippen molar-refractivity contribution >= 4 is 10.0 Å². The molecule has 2 aliphatic heterocycles. The van der Waals surface area contributed by atoms with E-state index in [4.69, 9.17) is 9.26 Å². The van der Waals surface area contributed by atoms with Crippen LogP contribution in [-0.2, 0) is 20.2 Å². The van der Waals surface area contributed by atoms with Crippen LogP contribution in [-0.4, -0.2) is 54.4 Å². The van der Waals surface area contributed by atoms with Gasteiger partial charge in [-0.25, -0.2) is 12.7 Å². The van der Waals surface area contributed by atoms with Crippen LogP contribution in [0, 0.1) is 12.8 Å². The lowest BCUT2D eigenvalue weighted by molar-refractivity contribution is 0.153. The van der Waals surface area contributed by atoms with Crippen molar-refractivity contribution in [3.63, 3.8) is 0 Å². The summed E-state index contributed by atoms with van der Waals surface area (Å²) in [6, 6.07) is 0. The number of sulfonamides is 1. The Balaban J connectivity index is 1.69. The highest BCUT2D eigenvalue weighted by Gasteiger charge is 2.59. The molecule has 1 aromatic heterocycles. The second-order valence-corrected chi connectivity index (χ2v) is 8.26. The molecule has 3 fully saturated rings. The molecule has 1 saturated carbocycles. The third kappa shape index (κ3) is 1.68. The fourth-order valence-electron chi connectivity index (χ4n) is 3.26. The zero-order valence-electron chi connectivity index (χ0n) is 11.3. The van der Waals surface area contributed by atoms with Crippen LogP contribution in [0.5, 0.6) is 0 Å². The molecule has 0 radical (unpaired) electrons. The number of fused-ring (bicyclic) bond motifs is 1. The second kappa shape index (κ2) is 4.02. The lowest BCUT2D eigenvalue weighted by atomic mass is 9.81. The van der Waals surface area contributed by atoms with Crippen LogP contribution in [0.3, 0.4) is 0 Å². The SMILES string of the molecule is Cc1noc([C@@]23COC[C@@H]2CN(S(=O)(=O)C2CC2)C3)n1. The van der Waals surface area contributed by atoms with E-state index in [9.17, 15) is 8.42 Å². The van der Waals surface area contributed by atoms with Gasteiger partial charge in [-0.1, -0.05) is 5.16 Å². The van der Waals surface area contributed by atoms with Gasteiger partial charge in [0.2, 0.25) is 15.9 Å². The Bertz CT molecular complexity index is 639. The minimum absolute atomic E-state index is 0.107. The van der Waals surface area contributed by atoms with Gasteiger partial charge in [0.05, 0.1) is 23.9 Å². The molecule has 1 aromatic rings. The van der Waals surface area contributed by atoms with E-state index >= 15 is 0 Å². The maximum Gasteiger partial charge on any atom is 0.236 e. The van der Waals surface area contributed by atoms with E-state index in [1.165, 1.54) is 0 Å². The number of ether oxygens (including phenoxy) is 1. The largest absolute Gasteiger partial charge is 0.380 e. The molecule has 0 N–H and O–H groups in total. The molecule has 0 spiro atoms. The number of rotatable bonds is 3. The van der Waals surface area contributed by atoms with E-state index in [1.54, 1.807) is 11.2 Å². The predicted octanol–water partition coefficient (Wildman–Crippen LogP) is 0.0700. The zero-order chi connectivity index (χ0) is 14.0. The Hall–Kier alpha value is -0.990. The highest BCUT2D eigenvalue weighted by molar-refractivity contribution is 7.90. The Labute approximate surface area is 117 Å². The molecule has 3 heterocycles. The van der Waals surface area contributed by atoms with Crippen molar-refractivity contribution in [1.29, 1.82) is 0 Å². The first-order chi connectivity index (χ1) is 9.52. The van der Waals surface area contributed by atoms with Crippen molar-refractivity contribution in [3.8, 4) is 0 Å². The van der Waals surface area contributed by atoms with Crippen molar-refractivity contribution in [3.05, 3.63) is 11.7 Å². The molecule has 0 unspecified atom stereocenters. The minimum Gasteiger partial charge on any atom is -0.380 e. The molecule has 7 nitrogen and oxygen atoms in total. The number of hydrogen-bond acceptors (Lipinski definition) is 6. The smallest absolute Gasteiger partial charge is 0.236 e. The molecule has 20 heavy (non-hydrogen) atoms. The van der Waals surface area contributed by atoms with Gasteiger partial charge in [0, 0.05) is 19.0 Å². The monoisotopic (exact) mass is 299 g/mol. The summed E-state index contributed by atoms with van der Waals surface area (Å²) >= 11 is 0. The molecule has 1 aliphatic carbocycles. The lowest BCUT2D eigenvalue weighted by Gasteiger charge is -2.22. The van der Waals surface area contributed by atoms with E-state index in [-0.39, 0.29) is 11.2 Å². The zero-order valence-corrected chi connectivity index (χ0v) is 12.1. The average molecular weight is 299 g/mol. The number of aryl methyl sites for hydroxylation is 1. The van der Waals surface area contributed by atoms with Gasteiger partial charge >= 0.3 is 0 Å². The van der Waals surface area contributed by atoms with Crippen LogP contribution in [0.1, 0.15) is 24.6 Å². The first-order valence-electron chi connectivity index (χ1n) is 6.90. The van der Waals surface area contributed by atoms with Crippen LogP contribution < -0.4 is 0 Å². The summed E-state index contributed by atoms with van der Waals surface area (Å²) < 4.78 is 37.3. The fourth-order valence-corrected chi connectivity index (χ4v) is 5.21. The molecule has 0 aromatic carbocycles. The van der Waals surface area contributed by atoms with Gasteiger partial charge in [0.25, 0.3) is 0 Å². The van der Waals surface area contributed by atoms with Crippen LogP contribution in [0.15, 0.2) is 4.52 Å². The summed E-state index contributed by atoms with van der Waals surface area (Å²) in [5.74, 6) is 1.20. The van der Waals surface area contributed by atoms with Gasteiger partial charge in [-0.05, 0) is 19.8 Å². The Morgan fingerprint density at radius 2 is 2.20 bits per heavy atom. The highest BCUT2D eigenvalue weighted by Crippen LogP contribution is 2.45. The topological polar surface area (TPSA) is 85.5 Å².